The third-order valence-electron chi connectivity index (χ3n) is 3.16. The topological polar surface area (TPSA) is 53.0 Å². The minimum atomic E-state index is 0.266. The summed E-state index contributed by atoms with van der Waals surface area (Å²) in [6.07, 6.45) is 2.01. The van der Waals surface area contributed by atoms with E-state index in [2.05, 4.69) is 23.1 Å². The minimum absolute atomic E-state index is 0.266. The van der Waals surface area contributed by atoms with Gasteiger partial charge in [-0.1, -0.05) is 12.1 Å². The van der Waals surface area contributed by atoms with Gasteiger partial charge in [0.1, 0.15) is 0 Å². The largest absolute Gasteiger partial charge is 0.399 e. The number of piperidine rings is 1. The molecule has 0 radical (unpaired) electrons. The van der Waals surface area contributed by atoms with Gasteiger partial charge in [0.15, 0.2) is 0 Å². The predicted molar refractivity (Wildman–Crippen MR) is 64.5 cm³/mol. The van der Waals surface area contributed by atoms with E-state index in [1.807, 2.05) is 12.1 Å². The van der Waals surface area contributed by atoms with Gasteiger partial charge in [0.2, 0.25) is 0 Å². The lowest BCUT2D eigenvalue weighted by Crippen LogP contribution is -2.32. The Balaban J connectivity index is 1.87. The van der Waals surface area contributed by atoms with E-state index in [-0.39, 0.29) is 5.92 Å². The van der Waals surface area contributed by atoms with Crippen molar-refractivity contribution in [3.63, 3.8) is 0 Å². The molecule has 1 aromatic carbocycles. The molecule has 3 nitrogen and oxygen atoms in total. The number of nitrogens with two attached hydrogens (primary N) is 1. The van der Waals surface area contributed by atoms with Crippen molar-refractivity contribution in [3.05, 3.63) is 29.8 Å². The van der Waals surface area contributed by atoms with Crippen LogP contribution < -0.4 is 5.73 Å². The summed E-state index contributed by atoms with van der Waals surface area (Å²) in [6.45, 7) is 3.03. The van der Waals surface area contributed by atoms with E-state index in [1.54, 1.807) is 0 Å². The van der Waals surface area contributed by atoms with E-state index >= 15 is 0 Å². The number of hydrogen-bond donors (Lipinski definition) is 1. The number of nitriles is 1. The van der Waals surface area contributed by atoms with Crippen molar-refractivity contribution in [1.29, 1.82) is 5.26 Å². The Morgan fingerprint density at radius 3 is 2.44 bits per heavy atom. The number of hydrogen-bond acceptors (Lipinski definition) is 3. The zero-order valence-electron chi connectivity index (χ0n) is 9.39. The lowest BCUT2D eigenvalue weighted by atomic mass is 9.98. The van der Waals surface area contributed by atoms with Crippen molar-refractivity contribution in [1.82, 2.24) is 4.90 Å². The smallest absolute Gasteiger partial charge is 0.0656 e. The molecule has 1 fully saturated rings. The molecule has 1 heterocycles. The second-order valence-electron chi connectivity index (χ2n) is 4.42. The second kappa shape index (κ2) is 5.00. The van der Waals surface area contributed by atoms with Crippen LogP contribution in [0.25, 0.3) is 0 Å². The predicted octanol–water partition coefficient (Wildman–Crippen LogP) is 2.00. The molecule has 0 spiro atoms. The van der Waals surface area contributed by atoms with Crippen LogP contribution in [0.4, 0.5) is 5.69 Å². The van der Waals surface area contributed by atoms with Crippen LogP contribution in [0.3, 0.4) is 0 Å². The summed E-state index contributed by atoms with van der Waals surface area (Å²) in [5.41, 5.74) is 7.75. The Labute approximate surface area is 96.5 Å². The molecule has 1 saturated heterocycles. The van der Waals surface area contributed by atoms with Crippen LogP contribution in [0.2, 0.25) is 0 Å². The summed E-state index contributed by atoms with van der Waals surface area (Å²) in [4.78, 5) is 2.40. The molecule has 0 aliphatic carbocycles. The lowest BCUT2D eigenvalue weighted by Gasteiger charge is -2.28. The molecule has 0 aromatic heterocycles. The minimum Gasteiger partial charge on any atom is -0.399 e. The summed E-state index contributed by atoms with van der Waals surface area (Å²) in [6, 6.07) is 10.4. The maximum atomic E-state index is 8.82. The summed E-state index contributed by atoms with van der Waals surface area (Å²) in [5.74, 6) is 0.266. The van der Waals surface area contributed by atoms with Gasteiger partial charge in [0.05, 0.1) is 6.07 Å². The highest BCUT2D eigenvalue weighted by Crippen LogP contribution is 2.18. The highest BCUT2D eigenvalue weighted by atomic mass is 15.1. The number of likely N-dealkylation sites (tertiary alicyclic amines) is 1. The summed E-state index contributed by atoms with van der Waals surface area (Å²) in [7, 11) is 0. The monoisotopic (exact) mass is 215 g/mol. The Morgan fingerprint density at radius 2 is 1.88 bits per heavy atom. The molecule has 1 aliphatic heterocycles. The first-order valence-corrected chi connectivity index (χ1v) is 5.74. The first kappa shape index (κ1) is 11.0. The summed E-state index contributed by atoms with van der Waals surface area (Å²) >= 11 is 0. The molecule has 0 amide bonds. The van der Waals surface area contributed by atoms with E-state index in [1.165, 1.54) is 5.56 Å². The number of anilines is 1. The van der Waals surface area contributed by atoms with Gasteiger partial charge in [-0.15, -0.1) is 0 Å². The Morgan fingerprint density at radius 1 is 1.25 bits per heavy atom. The molecule has 0 unspecified atom stereocenters. The van der Waals surface area contributed by atoms with Gasteiger partial charge in [-0.25, -0.2) is 0 Å². The molecule has 3 heteroatoms. The van der Waals surface area contributed by atoms with E-state index in [9.17, 15) is 0 Å². The number of nitrogen functional groups attached to an aromatic ring is 1. The molecule has 1 aromatic rings. The van der Waals surface area contributed by atoms with Crippen LogP contribution in [-0.2, 0) is 6.54 Å². The SMILES string of the molecule is N#CC1CCN(Cc2ccc(N)cc2)CC1. The molecule has 0 atom stereocenters. The summed E-state index contributed by atoms with van der Waals surface area (Å²) < 4.78 is 0. The molecular formula is C13H17N3. The first-order valence-electron chi connectivity index (χ1n) is 5.74. The maximum absolute atomic E-state index is 8.82. The highest BCUT2D eigenvalue weighted by Gasteiger charge is 2.18. The standard InChI is InChI=1S/C13H17N3/c14-9-11-5-7-16(8-6-11)10-12-1-3-13(15)4-2-12/h1-4,11H,5-8,10,15H2. The fourth-order valence-electron chi connectivity index (χ4n) is 2.10. The third kappa shape index (κ3) is 2.74. The Kier molecular flexibility index (Phi) is 3.43. The van der Waals surface area contributed by atoms with Crippen molar-refractivity contribution in [2.45, 2.75) is 19.4 Å². The van der Waals surface area contributed by atoms with E-state index in [4.69, 9.17) is 11.0 Å². The summed E-state index contributed by atoms with van der Waals surface area (Å²) in [5, 5.41) is 8.82. The van der Waals surface area contributed by atoms with E-state index < -0.39 is 0 Å². The van der Waals surface area contributed by atoms with Crippen molar-refractivity contribution >= 4 is 5.69 Å². The van der Waals surface area contributed by atoms with Crippen LogP contribution in [0, 0.1) is 17.2 Å². The van der Waals surface area contributed by atoms with Crippen LogP contribution in [-0.4, -0.2) is 18.0 Å². The van der Waals surface area contributed by atoms with Crippen molar-refractivity contribution < 1.29 is 0 Å². The van der Waals surface area contributed by atoms with Crippen molar-refractivity contribution in [2.24, 2.45) is 5.92 Å². The Bertz CT molecular complexity index is 369. The molecule has 84 valence electrons. The fourth-order valence-corrected chi connectivity index (χ4v) is 2.10. The quantitative estimate of drug-likeness (QED) is 0.768. The van der Waals surface area contributed by atoms with Gasteiger partial charge in [-0.3, -0.25) is 4.90 Å². The van der Waals surface area contributed by atoms with Crippen LogP contribution in [0.5, 0.6) is 0 Å². The zero-order valence-corrected chi connectivity index (χ0v) is 9.39. The molecule has 0 saturated carbocycles. The van der Waals surface area contributed by atoms with E-state index in [0.717, 1.165) is 38.2 Å². The lowest BCUT2D eigenvalue weighted by molar-refractivity contribution is 0.198. The maximum Gasteiger partial charge on any atom is 0.0656 e. The van der Waals surface area contributed by atoms with Crippen LogP contribution in [0.15, 0.2) is 24.3 Å². The average molecular weight is 215 g/mol. The normalized spacial score (nSPS) is 18.2. The first-order chi connectivity index (χ1) is 7.78. The molecule has 1 aliphatic rings. The van der Waals surface area contributed by atoms with Gasteiger partial charge in [-0.05, 0) is 43.6 Å². The van der Waals surface area contributed by atoms with Crippen LogP contribution in [0.1, 0.15) is 18.4 Å². The van der Waals surface area contributed by atoms with Crippen LogP contribution >= 0.6 is 0 Å². The Hall–Kier alpha value is -1.53. The van der Waals surface area contributed by atoms with Gasteiger partial charge in [0.25, 0.3) is 0 Å². The van der Waals surface area contributed by atoms with Crippen molar-refractivity contribution in [2.75, 3.05) is 18.8 Å². The molecule has 0 bridgehead atoms. The molecule has 2 N–H and O–H groups in total. The zero-order chi connectivity index (χ0) is 11.4. The van der Waals surface area contributed by atoms with E-state index in [0.29, 0.717) is 0 Å². The molecule has 2 rings (SSSR count). The average Bonchev–Trinajstić information content (AvgIpc) is 2.33. The van der Waals surface area contributed by atoms with Gasteiger partial charge >= 0.3 is 0 Å². The number of rotatable bonds is 2. The number of nitrogens with zero attached hydrogens (tertiary/aromatic N) is 2. The number of benzene rings is 1. The molecule has 16 heavy (non-hydrogen) atoms. The van der Waals surface area contributed by atoms with Gasteiger partial charge in [0, 0.05) is 18.2 Å². The van der Waals surface area contributed by atoms with Gasteiger partial charge in [-0.2, -0.15) is 5.26 Å². The third-order valence-corrected chi connectivity index (χ3v) is 3.16. The second-order valence-corrected chi connectivity index (χ2v) is 4.42. The molecular weight excluding hydrogens is 198 g/mol. The van der Waals surface area contributed by atoms with Gasteiger partial charge < -0.3 is 5.73 Å². The fraction of sp³-hybridized carbons (Fsp3) is 0.462. The highest BCUT2D eigenvalue weighted by molar-refractivity contribution is 5.39. The van der Waals surface area contributed by atoms with Crippen molar-refractivity contribution in [3.8, 4) is 6.07 Å².